The molecule has 0 saturated carbocycles. The minimum Gasteiger partial charge on any atom is -0.338 e. The van der Waals surface area contributed by atoms with Crippen molar-refractivity contribution >= 4 is 5.91 Å². The summed E-state index contributed by atoms with van der Waals surface area (Å²) in [6.45, 7) is 5.64. The normalized spacial score (nSPS) is 17.7. The van der Waals surface area contributed by atoms with E-state index >= 15 is 0 Å². The number of carbonyl (C=O) groups excluding carboxylic acids is 1. The van der Waals surface area contributed by atoms with Crippen molar-refractivity contribution in [2.24, 2.45) is 11.7 Å². The van der Waals surface area contributed by atoms with Crippen LogP contribution in [-0.2, 0) is 0 Å². The molecular weight excluding hydrogens is 295 g/mol. The average molecular weight is 316 g/mol. The summed E-state index contributed by atoms with van der Waals surface area (Å²) >= 11 is 0. The summed E-state index contributed by atoms with van der Waals surface area (Å²) in [5.74, 6) is -0.242. The van der Waals surface area contributed by atoms with E-state index in [1.807, 2.05) is 19.9 Å². The quantitative estimate of drug-likeness (QED) is 0.942. The number of hydrogen-bond donors (Lipinski definition) is 1. The van der Waals surface area contributed by atoms with Crippen LogP contribution in [0.3, 0.4) is 0 Å². The summed E-state index contributed by atoms with van der Waals surface area (Å²) in [6, 6.07) is 6.45. The lowest BCUT2D eigenvalue weighted by Gasteiger charge is -2.17. The average Bonchev–Trinajstić information content (AvgIpc) is 3.13. The van der Waals surface area contributed by atoms with Crippen LogP contribution in [0.5, 0.6) is 0 Å². The molecule has 1 fully saturated rings. The van der Waals surface area contributed by atoms with Crippen LogP contribution >= 0.6 is 0 Å². The molecule has 5 nitrogen and oxygen atoms in total. The Morgan fingerprint density at radius 1 is 1.39 bits per heavy atom. The van der Waals surface area contributed by atoms with Crippen LogP contribution in [0.2, 0.25) is 0 Å². The Bertz CT molecular complexity index is 740. The molecule has 6 heteroatoms. The first kappa shape index (κ1) is 15.7. The zero-order valence-electron chi connectivity index (χ0n) is 13.4. The van der Waals surface area contributed by atoms with E-state index in [2.05, 4.69) is 5.10 Å². The molecule has 0 spiro atoms. The fourth-order valence-electron chi connectivity index (χ4n) is 3.08. The standard InChI is InChI=1S/C17H21FN4O/c1-11-7-12(2)22(20-11)16-4-3-14(8-15(16)18)17(23)21-6-5-13(9-19)10-21/h3-4,7-8,13H,5-6,9-10,19H2,1-2H3. The third-order valence-electron chi connectivity index (χ3n) is 4.34. The third kappa shape index (κ3) is 2.99. The number of aryl methyl sites for hydroxylation is 2. The van der Waals surface area contributed by atoms with E-state index in [0.717, 1.165) is 17.8 Å². The molecule has 1 amide bonds. The van der Waals surface area contributed by atoms with Gasteiger partial charge in [-0.25, -0.2) is 9.07 Å². The Morgan fingerprint density at radius 2 is 2.17 bits per heavy atom. The molecule has 2 heterocycles. The number of nitrogens with zero attached hydrogens (tertiary/aromatic N) is 3. The molecule has 1 aliphatic heterocycles. The molecular formula is C17H21FN4O. The van der Waals surface area contributed by atoms with Crippen LogP contribution in [0.15, 0.2) is 24.3 Å². The van der Waals surface area contributed by atoms with Gasteiger partial charge in [-0.3, -0.25) is 4.79 Å². The van der Waals surface area contributed by atoms with Gasteiger partial charge in [-0.05, 0) is 57.0 Å². The van der Waals surface area contributed by atoms with Crippen molar-refractivity contribution in [3.05, 3.63) is 47.0 Å². The van der Waals surface area contributed by atoms with Gasteiger partial charge in [0.25, 0.3) is 5.91 Å². The number of hydrogen-bond acceptors (Lipinski definition) is 3. The highest BCUT2D eigenvalue weighted by molar-refractivity contribution is 5.94. The van der Waals surface area contributed by atoms with Gasteiger partial charge < -0.3 is 10.6 Å². The van der Waals surface area contributed by atoms with Crippen LogP contribution in [0.1, 0.15) is 28.2 Å². The number of aromatic nitrogens is 2. The van der Waals surface area contributed by atoms with Crippen LogP contribution < -0.4 is 5.73 Å². The van der Waals surface area contributed by atoms with Gasteiger partial charge in [0.2, 0.25) is 0 Å². The van der Waals surface area contributed by atoms with Crippen LogP contribution in [0, 0.1) is 25.6 Å². The maximum Gasteiger partial charge on any atom is 0.253 e. The second-order valence-electron chi connectivity index (χ2n) is 6.15. The van der Waals surface area contributed by atoms with Gasteiger partial charge in [-0.2, -0.15) is 5.10 Å². The Labute approximate surface area is 134 Å². The predicted octanol–water partition coefficient (Wildman–Crippen LogP) is 2.05. The molecule has 23 heavy (non-hydrogen) atoms. The van der Waals surface area contributed by atoms with Crippen molar-refractivity contribution in [3.8, 4) is 5.69 Å². The van der Waals surface area contributed by atoms with E-state index in [1.165, 1.54) is 6.07 Å². The molecule has 1 saturated heterocycles. The highest BCUT2D eigenvalue weighted by Crippen LogP contribution is 2.21. The first-order chi connectivity index (χ1) is 11.0. The zero-order valence-corrected chi connectivity index (χ0v) is 13.4. The molecule has 0 bridgehead atoms. The number of rotatable bonds is 3. The van der Waals surface area contributed by atoms with Gasteiger partial charge in [0.15, 0.2) is 0 Å². The minimum absolute atomic E-state index is 0.139. The highest BCUT2D eigenvalue weighted by atomic mass is 19.1. The smallest absolute Gasteiger partial charge is 0.253 e. The molecule has 1 unspecified atom stereocenters. The third-order valence-corrected chi connectivity index (χ3v) is 4.34. The van der Waals surface area contributed by atoms with Crippen molar-refractivity contribution in [3.63, 3.8) is 0 Å². The van der Waals surface area contributed by atoms with Crippen LogP contribution in [-0.4, -0.2) is 40.2 Å². The summed E-state index contributed by atoms with van der Waals surface area (Å²) in [6.07, 6.45) is 0.911. The first-order valence-electron chi connectivity index (χ1n) is 7.82. The Hall–Kier alpha value is -2.21. The molecule has 1 aromatic heterocycles. The van der Waals surface area contributed by atoms with E-state index < -0.39 is 5.82 Å². The SMILES string of the molecule is Cc1cc(C)n(-c2ccc(C(=O)N3CCC(CN)C3)cc2F)n1. The minimum atomic E-state index is -0.448. The lowest BCUT2D eigenvalue weighted by atomic mass is 10.1. The van der Waals surface area contributed by atoms with Crippen molar-refractivity contribution < 1.29 is 9.18 Å². The van der Waals surface area contributed by atoms with Gasteiger partial charge in [-0.1, -0.05) is 0 Å². The van der Waals surface area contributed by atoms with Crippen molar-refractivity contribution in [2.45, 2.75) is 20.3 Å². The monoisotopic (exact) mass is 316 g/mol. The molecule has 1 aromatic carbocycles. The van der Waals surface area contributed by atoms with Crippen molar-refractivity contribution in [2.75, 3.05) is 19.6 Å². The number of likely N-dealkylation sites (tertiary alicyclic amines) is 1. The Morgan fingerprint density at radius 3 is 2.74 bits per heavy atom. The van der Waals surface area contributed by atoms with E-state index in [-0.39, 0.29) is 5.91 Å². The zero-order chi connectivity index (χ0) is 16.6. The molecule has 122 valence electrons. The number of halogens is 1. The van der Waals surface area contributed by atoms with Gasteiger partial charge in [0.05, 0.1) is 5.69 Å². The van der Waals surface area contributed by atoms with Gasteiger partial charge in [-0.15, -0.1) is 0 Å². The number of carbonyl (C=O) groups is 1. The largest absolute Gasteiger partial charge is 0.338 e. The molecule has 2 aromatic rings. The van der Waals surface area contributed by atoms with Crippen molar-refractivity contribution in [1.82, 2.24) is 14.7 Å². The molecule has 1 atom stereocenters. The predicted molar refractivity (Wildman–Crippen MR) is 86.1 cm³/mol. The maximum absolute atomic E-state index is 14.5. The molecule has 1 aliphatic rings. The number of nitrogens with two attached hydrogens (primary N) is 1. The van der Waals surface area contributed by atoms with Crippen LogP contribution in [0.25, 0.3) is 5.69 Å². The second-order valence-corrected chi connectivity index (χ2v) is 6.15. The topological polar surface area (TPSA) is 64.2 Å². The van der Waals surface area contributed by atoms with Gasteiger partial charge >= 0.3 is 0 Å². The fourth-order valence-corrected chi connectivity index (χ4v) is 3.08. The Kier molecular flexibility index (Phi) is 4.17. The molecule has 3 rings (SSSR count). The summed E-state index contributed by atoms with van der Waals surface area (Å²) in [7, 11) is 0. The molecule has 2 N–H and O–H groups in total. The highest BCUT2D eigenvalue weighted by Gasteiger charge is 2.26. The van der Waals surface area contributed by atoms with E-state index in [9.17, 15) is 9.18 Å². The summed E-state index contributed by atoms with van der Waals surface area (Å²) < 4.78 is 16.0. The van der Waals surface area contributed by atoms with Crippen LogP contribution in [0.4, 0.5) is 4.39 Å². The second kappa shape index (κ2) is 6.12. The molecule has 0 radical (unpaired) electrons. The van der Waals surface area contributed by atoms with Gasteiger partial charge in [0, 0.05) is 24.3 Å². The maximum atomic E-state index is 14.5. The van der Waals surface area contributed by atoms with E-state index in [4.69, 9.17) is 5.73 Å². The lowest BCUT2D eigenvalue weighted by molar-refractivity contribution is 0.0787. The number of benzene rings is 1. The fraction of sp³-hybridized carbons (Fsp3) is 0.412. The Balaban J connectivity index is 1.85. The summed E-state index contributed by atoms with van der Waals surface area (Å²) in [5.41, 5.74) is 8.05. The summed E-state index contributed by atoms with van der Waals surface area (Å²) in [5, 5.41) is 4.28. The lowest BCUT2D eigenvalue weighted by Crippen LogP contribution is -2.30. The van der Waals surface area contributed by atoms with Gasteiger partial charge in [0.1, 0.15) is 11.5 Å². The van der Waals surface area contributed by atoms with Crippen molar-refractivity contribution in [1.29, 1.82) is 0 Å². The first-order valence-corrected chi connectivity index (χ1v) is 7.82. The van der Waals surface area contributed by atoms with E-state index in [1.54, 1.807) is 21.7 Å². The molecule has 0 aliphatic carbocycles. The summed E-state index contributed by atoms with van der Waals surface area (Å²) in [4.78, 5) is 14.2. The number of amides is 1. The van der Waals surface area contributed by atoms with E-state index in [0.29, 0.717) is 36.8 Å².